The van der Waals surface area contributed by atoms with E-state index in [1.165, 1.54) is 39.5 Å². The number of benzene rings is 2. The molecule has 11 heteroatoms. The molecule has 7 nitrogen and oxygen atoms in total. The normalized spacial score (nSPS) is 15.4. The zero-order valence-electron chi connectivity index (χ0n) is 18.6. The highest BCUT2D eigenvalue weighted by Crippen LogP contribution is 2.30. The van der Waals surface area contributed by atoms with Gasteiger partial charge in [-0.2, -0.15) is 4.31 Å². The van der Waals surface area contributed by atoms with E-state index in [1.54, 1.807) is 12.1 Å². The van der Waals surface area contributed by atoms with E-state index >= 15 is 0 Å². The van der Waals surface area contributed by atoms with Crippen LogP contribution in [-0.4, -0.2) is 48.3 Å². The Balaban J connectivity index is 1.30. The van der Waals surface area contributed by atoms with Gasteiger partial charge >= 0.3 is 0 Å². The quantitative estimate of drug-likeness (QED) is 0.297. The molecule has 1 aliphatic heterocycles. The Hall–Kier alpha value is -1.98. The number of hydrogen-bond donors (Lipinski definition) is 1. The standard InChI is InChI=1S/C23H25ClN4O3S3/c1-16-10-12-28(13-11-16)34(30,31)19-8-6-17(7-9-19)21(29)14-25-22-26-27-23(33-22)32-15-18-4-2-3-5-20(18)24/h2-9,16H,10-15H2,1H3,(H,25,26). The smallest absolute Gasteiger partial charge is 0.243 e. The number of halogens is 1. The molecule has 3 aromatic rings. The van der Waals surface area contributed by atoms with Crippen molar-refractivity contribution >= 4 is 55.6 Å². The van der Waals surface area contributed by atoms with Crippen molar-refractivity contribution in [2.24, 2.45) is 5.92 Å². The van der Waals surface area contributed by atoms with Crippen LogP contribution in [0.3, 0.4) is 0 Å². The predicted octanol–water partition coefficient (Wildman–Crippen LogP) is 5.20. The van der Waals surface area contributed by atoms with Crippen molar-refractivity contribution in [3.8, 4) is 0 Å². The molecule has 0 unspecified atom stereocenters. The van der Waals surface area contributed by atoms with Crippen LogP contribution < -0.4 is 5.32 Å². The molecule has 180 valence electrons. The molecule has 34 heavy (non-hydrogen) atoms. The van der Waals surface area contributed by atoms with E-state index < -0.39 is 10.0 Å². The molecule has 1 saturated heterocycles. The summed E-state index contributed by atoms with van der Waals surface area (Å²) in [7, 11) is -3.53. The van der Waals surface area contributed by atoms with Crippen molar-refractivity contribution < 1.29 is 13.2 Å². The molecule has 1 fully saturated rings. The monoisotopic (exact) mass is 536 g/mol. The number of Topliss-reactive ketones (excluding diaryl/α,β-unsaturated/α-hetero) is 1. The molecular weight excluding hydrogens is 512 g/mol. The number of sulfonamides is 1. The second kappa shape index (κ2) is 11.2. The zero-order valence-corrected chi connectivity index (χ0v) is 21.8. The number of carbonyl (C=O) groups excluding carboxylic acids is 1. The highest BCUT2D eigenvalue weighted by molar-refractivity contribution is 8.00. The summed E-state index contributed by atoms with van der Waals surface area (Å²) in [4.78, 5) is 12.8. The van der Waals surface area contributed by atoms with Crippen LogP contribution in [0.25, 0.3) is 0 Å². The summed E-state index contributed by atoms with van der Waals surface area (Å²) >= 11 is 9.08. The zero-order chi connectivity index (χ0) is 24.1. The van der Waals surface area contributed by atoms with Crippen LogP contribution >= 0.6 is 34.7 Å². The van der Waals surface area contributed by atoms with Crippen molar-refractivity contribution in [2.45, 2.75) is 34.8 Å². The molecule has 1 aromatic heterocycles. The molecule has 0 radical (unpaired) electrons. The number of carbonyl (C=O) groups is 1. The third-order valence-corrected chi connectivity index (χ3v) is 10.0. The predicted molar refractivity (Wildman–Crippen MR) is 137 cm³/mol. The van der Waals surface area contributed by atoms with Gasteiger partial charge in [0.2, 0.25) is 15.2 Å². The Morgan fingerprint density at radius 3 is 2.56 bits per heavy atom. The van der Waals surface area contributed by atoms with Gasteiger partial charge in [0, 0.05) is 29.4 Å². The number of nitrogens with zero attached hydrogens (tertiary/aromatic N) is 3. The lowest BCUT2D eigenvalue weighted by Crippen LogP contribution is -2.37. The summed E-state index contributed by atoms with van der Waals surface area (Å²) in [5.74, 6) is 1.07. The lowest BCUT2D eigenvalue weighted by Gasteiger charge is -2.29. The van der Waals surface area contributed by atoms with Crippen molar-refractivity contribution in [3.63, 3.8) is 0 Å². The molecule has 0 amide bonds. The van der Waals surface area contributed by atoms with Crippen molar-refractivity contribution in [3.05, 3.63) is 64.7 Å². The first kappa shape index (κ1) is 25.1. The minimum absolute atomic E-state index is 0.0416. The first-order valence-corrected chi connectivity index (χ1v) is 14.5. The van der Waals surface area contributed by atoms with Gasteiger partial charge in [-0.1, -0.05) is 59.8 Å². The van der Waals surface area contributed by atoms with Gasteiger partial charge in [0.05, 0.1) is 11.4 Å². The van der Waals surface area contributed by atoms with E-state index in [0.29, 0.717) is 40.5 Å². The Morgan fingerprint density at radius 2 is 1.85 bits per heavy atom. The molecule has 4 rings (SSSR count). The molecule has 0 atom stereocenters. The number of piperidine rings is 1. The number of ketones is 1. The number of nitrogens with one attached hydrogen (secondary N) is 1. The fraction of sp³-hybridized carbons (Fsp3) is 0.348. The third-order valence-electron chi connectivity index (χ3n) is 5.67. The van der Waals surface area contributed by atoms with Crippen LogP contribution in [0.2, 0.25) is 5.02 Å². The van der Waals surface area contributed by atoms with Crippen LogP contribution in [0, 0.1) is 5.92 Å². The van der Waals surface area contributed by atoms with E-state index in [9.17, 15) is 13.2 Å². The summed E-state index contributed by atoms with van der Waals surface area (Å²) in [6, 6.07) is 13.8. The Labute approximate surface area is 213 Å². The average molecular weight is 537 g/mol. The number of rotatable bonds is 9. The first-order valence-electron chi connectivity index (χ1n) is 10.9. The Bertz CT molecular complexity index is 1240. The first-order chi connectivity index (χ1) is 16.3. The molecule has 0 bridgehead atoms. The summed E-state index contributed by atoms with van der Waals surface area (Å²) in [6.45, 7) is 3.25. The van der Waals surface area contributed by atoms with Crippen LogP contribution in [0.4, 0.5) is 5.13 Å². The molecule has 0 saturated carbocycles. The molecule has 2 heterocycles. The summed E-state index contributed by atoms with van der Waals surface area (Å²) < 4.78 is 28.0. The summed E-state index contributed by atoms with van der Waals surface area (Å²) in [5.41, 5.74) is 1.46. The van der Waals surface area contributed by atoms with Gasteiger partial charge in [0.15, 0.2) is 10.1 Å². The van der Waals surface area contributed by atoms with E-state index in [1.807, 2.05) is 24.3 Å². The number of hydrogen-bond acceptors (Lipinski definition) is 8. The molecule has 0 aliphatic carbocycles. The minimum Gasteiger partial charge on any atom is -0.353 e. The second-order valence-electron chi connectivity index (χ2n) is 8.14. The van der Waals surface area contributed by atoms with Gasteiger partial charge in [0.1, 0.15) is 0 Å². The van der Waals surface area contributed by atoms with Gasteiger partial charge in [-0.25, -0.2) is 8.42 Å². The largest absolute Gasteiger partial charge is 0.353 e. The third kappa shape index (κ3) is 6.17. The number of aromatic nitrogens is 2. The summed E-state index contributed by atoms with van der Waals surface area (Å²) in [5, 5.41) is 12.5. The maximum atomic E-state index is 12.9. The lowest BCUT2D eigenvalue weighted by atomic mass is 10.0. The van der Waals surface area contributed by atoms with Crippen molar-refractivity contribution in [1.82, 2.24) is 14.5 Å². The van der Waals surface area contributed by atoms with Crippen LogP contribution in [0.5, 0.6) is 0 Å². The molecular formula is C23H25ClN4O3S3. The maximum Gasteiger partial charge on any atom is 0.243 e. The van der Waals surface area contributed by atoms with E-state index in [4.69, 9.17) is 11.6 Å². The molecule has 0 spiro atoms. The van der Waals surface area contributed by atoms with E-state index in [2.05, 4.69) is 22.4 Å². The Morgan fingerprint density at radius 1 is 1.15 bits per heavy atom. The molecule has 1 N–H and O–H groups in total. The maximum absolute atomic E-state index is 12.9. The average Bonchev–Trinajstić information content (AvgIpc) is 3.30. The molecule has 1 aliphatic rings. The van der Waals surface area contributed by atoms with Crippen LogP contribution in [-0.2, 0) is 15.8 Å². The van der Waals surface area contributed by atoms with Gasteiger partial charge in [-0.3, -0.25) is 4.79 Å². The van der Waals surface area contributed by atoms with Crippen molar-refractivity contribution in [2.75, 3.05) is 25.0 Å². The lowest BCUT2D eigenvalue weighted by molar-refractivity contribution is 0.101. The second-order valence-corrected chi connectivity index (χ2v) is 12.7. The van der Waals surface area contributed by atoms with Gasteiger partial charge in [-0.15, -0.1) is 10.2 Å². The summed E-state index contributed by atoms with van der Waals surface area (Å²) in [6.07, 6.45) is 1.74. The fourth-order valence-electron chi connectivity index (χ4n) is 3.54. The van der Waals surface area contributed by atoms with Crippen molar-refractivity contribution in [1.29, 1.82) is 0 Å². The SMILES string of the molecule is CC1CCN(S(=O)(=O)c2ccc(C(=O)CNc3nnc(SCc4ccccc4Cl)s3)cc2)CC1. The van der Waals surface area contributed by atoms with Gasteiger partial charge < -0.3 is 5.32 Å². The van der Waals surface area contributed by atoms with E-state index in [-0.39, 0.29) is 17.2 Å². The minimum atomic E-state index is -3.53. The topological polar surface area (TPSA) is 92.3 Å². The number of thioether (sulfide) groups is 1. The van der Waals surface area contributed by atoms with Crippen LogP contribution in [0.1, 0.15) is 35.7 Å². The van der Waals surface area contributed by atoms with Crippen LogP contribution in [0.15, 0.2) is 57.8 Å². The molecule has 2 aromatic carbocycles. The highest BCUT2D eigenvalue weighted by atomic mass is 35.5. The highest BCUT2D eigenvalue weighted by Gasteiger charge is 2.28. The number of anilines is 1. The van der Waals surface area contributed by atoms with E-state index in [0.717, 1.165) is 22.7 Å². The Kier molecular flexibility index (Phi) is 8.26. The fourth-order valence-corrected chi connectivity index (χ4v) is 7.04. The van der Waals surface area contributed by atoms with Gasteiger partial charge in [-0.05, 0) is 54.7 Å². The van der Waals surface area contributed by atoms with Gasteiger partial charge in [0.25, 0.3) is 0 Å².